The molecule has 1 aromatic heterocycles. The Labute approximate surface area is 146 Å². The number of halogens is 4. The van der Waals surface area contributed by atoms with E-state index in [-0.39, 0.29) is 11.9 Å². The Bertz CT molecular complexity index is 781. The molecule has 1 aromatic carbocycles. The number of urea groups is 1. The lowest BCUT2D eigenvalue weighted by Crippen LogP contribution is -2.39. The van der Waals surface area contributed by atoms with E-state index in [0.29, 0.717) is 25.2 Å². The molecule has 1 aliphatic heterocycles. The molecule has 2 N–H and O–H groups in total. The van der Waals surface area contributed by atoms with Crippen molar-refractivity contribution in [1.82, 2.24) is 15.3 Å². The summed E-state index contributed by atoms with van der Waals surface area (Å²) in [5.41, 5.74) is -0.572. The number of hydrogen-bond acceptors (Lipinski definition) is 4. The SMILES string of the molecule is O=C(Nc1ccc(F)cc1)NC1CCN(c2cc(C(F)(F)F)ncn2)C1. The number of hydrogen-bond donors (Lipinski definition) is 2. The fraction of sp³-hybridized carbons (Fsp3) is 0.312. The zero-order valence-electron chi connectivity index (χ0n) is 13.4. The van der Waals surface area contributed by atoms with Gasteiger partial charge in [0.1, 0.15) is 23.7 Å². The molecule has 1 aliphatic rings. The van der Waals surface area contributed by atoms with Gasteiger partial charge >= 0.3 is 12.2 Å². The van der Waals surface area contributed by atoms with Crippen LogP contribution < -0.4 is 15.5 Å². The summed E-state index contributed by atoms with van der Waals surface area (Å²) in [6.07, 6.45) is -3.10. The molecule has 0 saturated carbocycles. The average molecular weight is 369 g/mol. The number of anilines is 2. The molecule has 2 aromatic rings. The van der Waals surface area contributed by atoms with Gasteiger partial charge in [0.05, 0.1) is 0 Å². The Morgan fingerprint density at radius 3 is 2.62 bits per heavy atom. The van der Waals surface area contributed by atoms with Gasteiger partial charge < -0.3 is 15.5 Å². The summed E-state index contributed by atoms with van der Waals surface area (Å²) in [6, 6.07) is 5.47. The maximum Gasteiger partial charge on any atom is 0.433 e. The van der Waals surface area contributed by atoms with Crippen LogP contribution in [-0.2, 0) is 6.18 Å². The first kappa shape index (κ1) is 17.9. The fourth-order valence-electron chi connectivity index (χ4n) is 2.65. The van der Waals surface area contributed by atoms with Gasteiger partial charge in [0.2, 0.25) is 0 Å². The third kappa shape index (κ3) is 4.38. The van der Waals surface area contributed by atoms with Crippen LogP contribution in [0, 0.1) is 5.82 Å². The minimum atomic E-state index is -4.54. The molecule has 1 fully saturated rings. The first-order valence-corrected chi connectivity index (χ1v) is 7.78. The van der Waals surface area contributed by atoms with E-state index in [4.69, 9.17) is 0 Å². The van der Waals surface area contributed by atoms with Crippen LogP contribution in [0.2, 0.25) is 0 Å². The molecule has 1 unspecified atom stereocenters. The summed E-state index contributed by atoms with van der Waals surface area (Å²) in [7, 11) is 0. The Balaban J connectivity index is 1.57. The van der Waals surface area contributed by atoms with Crippen molar-refractivity contribution >= 4 is 17.5 Å². The number of rotatable bonds is 3. The highest BCUT2D eigenvalue weighted by Gasteiger charge is 2.34. The van der Waals surface area contributed by atoms with E-state index in [1.54, 1.807) is 4.90 Å². The number of carbonyl (C=O) groups excluding carboxylic acids is 1. The van der Waals surface area contributed by atoms with E-state index < -0.39 is 23.7 Å². The largest absolute Gasteiger partial charge is 0.433 e. The van der Waals surface area contributed by atoms with Crippen LogP contribution in [0.25, 0.3) is 0 Å². The van der Waals surface area contributed by atoms with E-state index in [2.05, 4.69) is 20.6 Å². The van der Waals surface area contributed by atoms with E-state index in [1.807, 2.05) is 0 Å². The van der Waals surface area contributed by atoms with Crippen LogP contribution in [0.1, 0.15) is 12.1 Å². The summed E-state index contributed by atoms with van der Waals surface area (Å²) < 4.78 is 51.1. The Morgan fingerprint density at radius 1 is 1.19 bits per heavy atom. The molecule has 0 radical (unpaired) electrons. The minimum absolute atomic E-state index is 0.163. The van der Waals surface area contributed by atoms with Crippen LogP contribution >= 0.6 is 0 Å². The van der Waals surface area contributed by atoms with Crippen molar-refractivity contribution in [1.29, 1.82) is 0 Å². The zero-order chi connectivity index (χ0) is 18.7. The van der Waals surface area contributed by atoms with Gasteiger partial charge in [-0.2, -0.15) is 13.2 Å². The van der Waals surface area contributed by atoms with E-state index in [1.165, 1.54) is 24.3 Å². The van der Waals surface area contributed by atoms with Crippen molar-refractivity contribution in [2.24, 2.45) is 0 Å². The topological polar surface area (TPSA) is 70.2 Å². The second-order valence-electron chi connectivity index (χ2n) is 5.80. The highest BCUT2D eigenvalue weighted by molar-refractivity contribution is 5.89. The second-order valence-corrected chi connectivity index (χ2v) is 5.80. The van der Waals surface area contributed by atoms with Gasteiger partial charge in [-0.25, -0.2) is 19.2 Å². The summed E-state index contributed by atoms with van der Waals surface area (Å²) in [4.78, 5) is 20.7. The molecular weight excluding hydrogens is 354 g/mol. The summed E-state index contributed by atoms with van der Waals surface area (Å²) in [6.45, 7) is 0.779. The standard InChI is InChI=1S/C16H15F4N5O/c17-10-1-3-11(4-2-10)23-15(26)24-12-5-6-25(8-12)14-7-13(16(18,19)20)21-9-22-14/h1-4,7,9,12H,5-6,8H2,(H2,23,24,26). The molecule has 2 amide bonds. The molecule has 0 aliphatic carbocycles. The molecule has 10 heteroatoms. The summed E-state index contributed by atoms with van der Waals surface area (Å²) >= 11 is 0. The Hall–Kier alpha value is -2.91. The van der Waals surface area contributed by atoms with Gasteiger partial charge in [0.25, 0.3) is 0 Å². The molecule has 0 spiro atoms. The number of amides is 2. The summed E-state index contributed by atoms with van der Waals surface area (Å²) in [5, 5.41) is 5.31. The molecule has 138 valence electrons. The Kier molecular flexibility index (Phi) is 4.92. The van der Waals surface area contributed by atoms with Crippen LogP contribution in [0.5, 0.6) is 0 Å². The number of nitrogens with one attached hydrogen (secondary N) is 2. The van der Waals surface area contributed by atoms with Crippen molar-refractivity contribution < 1.29 is 22.4 Å². The number of benzene rings is 1. The van der Waals surface area contributed by atoms with Gasteiger partial charge in [0.15, 0.2) is 0 Å². The van der Waals surface area contributed by atoms with Gasteiger partial charge in [0, 0.05) is 30.9 Å². The van der Waals surface area contributed by atoms with Crippen LogP contribution in [0.4, 0.5) is 33.9 Å². The van der Waals surface area contributed by atoms with Gasteiger partial charge in [-0.15, -0.1) is 0 Å². The van der Waals surface area contributed by atoms with Crippen molar-refractivity contribution in [2.75, 3.05) is 23.3 Å². The highest BCUT2D eigenvalue weighted by Crippen LogP contribution is 2.29. The van der Waals surface area contributed by atoms with Crippen LogP contribution in [-0.4, -0.2) is 35.1 Å². The summed E-state index contributed by atoms with van der Waals surface area (Å²) in [5.74, 6) is -0.249. The molecule has 0 bridgehead atoms. The molecule has 2 heterocycles. The number of alkyl halides is 3. The third-order valence-electron chi connectivity index (χ3n) is 3.89. The van der Waals surface area contributed by atoms with Crippen LogP contribution in [0.15, 0.2) is 36.7 Å². The first-order chi connectivity index (χ1) is 12.3. The lowest BCUT2D eigenvalue weighted by atomic mass is 10.3. The van der Waals surface area contributed by atoms with Gasteiger partial charge in [-0.1, -0.05) is 0 Å². The molecule has 3 rings (SSSR count). The number of aromatic nitrogens is 2. The minimum Gasteiger partial charge on any atom is -0.354 e. The van der Waals surface area contributed by atoms with E-state index in [9.17, 15) is 22.4 Å². The molecule has 1 atom stereocenters. The predicted octanol–water partition coefficient (Wildman–Crippen LogP) is 3.03. The number of carbonyl (C=O) groups is 1. The number of nitrogens with zero attached hydrogens (tertiary/aromatic N) is 3. The molecular formula is C16H15F4N5O. The maximum absolute atomic E-state index is 12.8. The zero-order valence-corrected chi connectivity index (χ0v) is 13.4. The van der Waals surface area contributed by atoms with E-state index >= 15 is 0 Å². The lowest BCUT2D eigenvalue weighted by molar-refractivity contribution is -0.141. The van der Waals surface area contributed by atoms with Crippen molar-refractivity contribution in [3.8, 4) is 0 Å². The highest BCUT2D eigenvalue weighted by atomic mass is 19.4. The second kappa shape index (κ2) is 7.14. The van der Waals surface area contributed by atoms with Gasteiger partial charge in [-0.3, -0.25) is 0 Å². The van der Waals surface area contributed by atoms with E-state index in [0.717, 1.165) is 12.4 Å². The van der Waals surface area contributed by atoms with Crippen molar-refractivity contribution in [2.45, 2.75) is 18.6 Å². The average Bonchev–Trinajstić information content (AvgIpc) is 3.05. The van der Waals surface area contributed by atoms with Crippen LogP contribution in [0.3, 0.4) is 0 Å². The molecule has 1 saturated heterocycles. The lowest BCUT2D eigenvalue weighted by Gasteiger charge is -2.19. The van der Waals surface area contributed by atoms with Gasteiger partial charge in [-0.05, 0) is 30.7 Å². The van der Waals surface area contributed by atoms with Crippen molar-refractivity contribution in [3.05, 3.63) is 48.2 Å². The monoisotopic (exact) mass is 369 g/mol. The predicted molar refractivity (Wildman–Crippen MR) is 86.2 cm³/mol. The normalized spacial score (nSPS) is 17.2. The smallest absolute Gasteiger partial charge is 0.354 e. The quantitative estimate of drug-likeness (QED) is 0.816. The Morgan fingerprint density at radius 2 is 1.92 bits per heavy atom. The molecule has 6 nitrogen and oxygen atoms in total. The fourth-order valence-corrected chi connectivity index (χ4v) is 2.65. The van der Waals surface area contributed by atoms with Crippen molar-refractivity contribution in [3.63, 3.8) is 0 Å². The third-order valence-corrected chi connectivity index (χ3v) is 3.89. The maximum atomic E-state index is 12.8. The first-order valence-electron chi connectivity index (χ1n) is 7.78. The molecule has 26 heavy (non-hydrogen) atoms.